The van der Waals surface area contributed by atoms with E-state index in [1.54, 1.807) is 6.20 Å². The molecular formula is C13H20N2OS. The Morgan fingerprint density at radius 1 is 1.59 bits per heavy atom. The Morgan fingerprint density at radius 3 is 3.18 bits per heavy atom. The second-order valence-electron chi connectivity index (χ2n) is 4.63. The predicted molar refractivity (Wildman–Crippen MR) is 73.9 cm³/mol. The van der Waals surface area contributed by atoms with E-state index < -0.39 is 0 Å². The molecule has 1 aliphatic heterocycles. The summed E-state index contributed by atoms with van der Waals surface area (Å²) in [4.78, 5) is 4.35. The average Bonchev–Trinajstić information content (AvgIpc) is 2.80. The lowest BCUT2D eigenvalue weighted by atomic mass is 10.1. The van der Waals surface area contributed by atoms with Gasteiger partial charge in [-0.05, 0) is 49.8 Å². The normalized spacial score (nSPS) is 19.6. The van der Waals surface area contributed by atoms with Crippen molar-refractivity contribution in [2.75, 3.05) is 23.4 Å². The topological polar surface area (TPSA) is 34.1 Å². The Hall–Kier alpha value is -0.900. The highest BCUT2D eigenvalue weighted by Gasteiger charge is 2.16. The quantitative estimate of drug-likeness (QED) is 0.873. The van der Waals surface area contributed by atoms with Gasteiger partial charge in [0.15, 0.2) is 11.6 Å². The number of nitrogens with zero attached hydrogens (tertiary/aromatic N) is 1. The van der Waals surface area contributed by atoms with Gasteiger partial charge in [-0.25, -0.2) is 4.98 Å². The van der Waals surface area contributed by atoms with Gasteiger partial charge in [-0.15, -0.1) is 0 Å². The summed E-state index contributed by atoms with van der Waals surface area (Å²) >= 11 is 2.04. The van der Waals surface area contributed by atoms with E-state index in [2.05, 4.69) is 10.3 Å². The van der Waals surface area contributed by atoms with Gasteiger partial charge in [-0.2, -0.15) is 11.8 Å². The molecule has 0 saturated carbocycles. The maximum atomic E-state index is 5.73. The molecule has 1 atom stereocenters. The van der Waals surface area contributed by atoms with Gasteiger partial charge < -0.3 is 10.1 Å². The number of anilines is 1. The van der Waals surface area contributed by atoms with Crippen LogP contribution in [0.4, 0.5) is 5.82 Å². The van der Waals surface area contributed by atoms with Crippen molar-refractivity contribution in [3.63, 3.8) is 0 Å². The lowest BCUT2D eigenvalue weighted by Gasteiger charge is -2.16. The van der Waals surface area contributed by atoms with Crippen molar-refractivity contribution in [3.05, 3.63) is 18.3 Å². The monoisotopic (exact) mass is 252 g/mol. The highest BCUT2D eigenvalue weighted by Crippen LogP contribution is 2.26. The third kappa shape index (κ3) is 3.80. The molecule has 0 radical (unpaired) electrons. The molecule has 94 valence electrons. The number of nitrogens with one attached hydrogen (secondary N) is 1. The second-order valence-corrected chi connectivity index (χ2v) is 5.78. The summed E-state index contributed by atoms with van der Waals surface area (Å²) in [5, 5.41) is 3.41. The second kappa shape index (κ2) is 6.15. The van der Waals surface area contributed by atoms with E-state index in [1.807, 2.05) is 37.7 Å². The van der Waals surface area contributed by atoms with Crippen molar-refractivity contribution in [2.45, 2.75) is 26.4 Å². The molecule has 1 aromatic rings. The Kier molecular flexibility index (Phi) is 4.54. The van der Waals surface area contributed by atoms with Crippen molar-refractivity contribution in [2.24, 2.45) is 5.92 Å². The first-order valence-electron chi connectivity index (χ1n) is 6.19. The minimum atomic E-state index is 0.182. The van der Waals surface area contributed by atoms with Gasteiger partial charge in [0.25, 0.3) is 0 Å². The molecule has 2 rings (SSSR count). The van der Waals surface area contributed by atoms with Crippen LogP contribution in [0.2, 0.25) is 0 Å². The van der Waals surface area contributed by atoms with E-state index in [0.717, 1.165) is 24.0 Å². The minimum absolute atomic E-state index is 0.182. The van der Waals surface area contributed by atoms with Crippen LogP contribution >= 0.6 is 11.8 Å². The summed E-state index contributed by atoms with van der Waals surface area (Å²) in [6.45, 7) is 5.06. The van der Waals surface area contributed by atoms with Crippen molar-refractivity contribution >= 4 is 17.6 Å². The van der Waals surface area contributed by atoms with Gasteiger partial charge >= 0.3 is 0 Å². The first kappa shape index (κ1) is 12.6. The van der Waals surface area contributed by atoms with Crippen LogP contribution < -0.4 is 10.1 Å². The molecule has 0 spiro atoms. The van der Waals surface area contributed by atoms with Crippen LogP contribution in [0.15, 0.2) is 18.3 Å². The van der Waals surface area contributed by atoms with E-state index in [-0.39, 0.29) is 6.10 Å². The van der Waals surface area contributed by atoms with Gasteiger partial charge in [0, 0.05) is 12.7 Å². The maximum absolute atomic E-state index is 5.73. The smallest absolute Gasteiger partial charge is 0.168 e. The van der Waals surface area contributed by atoms with Crippen LogP contribution in [-0.4, -0.2) is 29.1 Å². The third-order valence-corrected chi connectivity index (χ3v) is 3.95. The summed E-state index contributed by atoms with van der Waals surface area (Å²) in [6, 6.07) is 3.88. The number of rotatable bonds is 5. The molecule has 1 unspecified atom stereocenters. The summed E-state index contributed by atoms with van der Waals surface area (Å²) in [5.41, 5.74) is 0. The largest absolute Gasteiger partial charge is 0.487 e. The fourth-order valence-electron chi connectivity index (χ4n) is 1.86. The number of thioether (sulfide) groups is 1. The minimum Gasteiger partial charge on any atom is -0.487 e. The first-order valence-corrected chi connectivity index (χ1v) is 7.34. The molecule has 4 heteroatoms. The van der Waals surface area contributed by atoms with E-state index in [4.69, 9.17) is 4.74 Å². The molecule has 1 aliphatic rings. The standard InChI is InChI=1S/C13H20N2OS/c1-10(2)16-12-4-3-6-14-13(12)15-8-11-5-7-17-9-11/h3-4,6,10-11H,5,7-9H2,1-2H3,(H,14,15). The SMILES string of the molecule is CC(C)Oc1cccnc1NCC1CCSC1. The summed E-state index contributed by atoms with van der Waals surface area (Å²) in [5.74, 6) is 5.06. The number of pyridine rings is 1. The van der Waals surface area contributed by atoms with Gasteiger partial charge in [0.2, 0.25) is 0 Å². The molecule has 3 nitrogen and oxygen atoms in total. The molecule has 17 heavy (non-hydrogen) atoms. The Balaban J connectivity index is 1.94. The van der Waals surface area contributed by atoms with Gasteiger partial charge in [0.05, 0.1) is 6.10 Å². The van der Waals surface area contributed by atoms with Crippen molar-refractivity contribution in [3.8, 4) is 5.75 Å². The first-order chi connectivity index (χ1) is 8.25. The summed E-state index contributed by atoms with van der Waals surface area (Å²) in [7, 11) is 0. The predicted octanol–water partition coefficient (Wildman–Crippen LogP) is 3.03. The lowest BCUT2D eigenvalue weighted by Crippen LogP contribution is -2.16. The summed E-state index contributed by atoms with van der Waals surface area (Å²) < 4.78 is 5.73. The van der Waals surface area contributed by atoms with E-state index >= 15 is 0 Å². The van der Waals surface area contributed by atoms with Crippen LogP contribution in [0.5, 0.6) is 5.75 Å². The molecule has 0 aromatic carbocycles. The van der Waals surface area contributed by atoms with Crippen LogP contribution in [0.25, 0.3) is 0 Å². The molecular weight excluding hydrogens is 232 g/mol. The zero-order valence-electron chi connectivity index (χ0n) is 10.5. The van der Waals surface area contributed by atoms with Crippen LogP contribution in [-0.2, 0) is 0 Å². The molecule has 0 aliphatic carbocycles. The summed E-state index contributed by atoms with van der Waals surface area (Å²) in [6.07, 6.45) is 3.30. The fourth-order valence-corrected chi connectivity index (χ4v) is 3.14. The van der Waals surface area contributed by atoms with E-state index in [9.17, 15) is 0 Å². The van der Waals surface area contributed by atoms with Crippen LogP contribution in [0.1, 0.15) is 20.3 Å². The Labute approximate surface area is 107 Å². The number of aromatic nitrogens is 1. The van der Waals surface area contributed by atoms with E-state index in [0.29, 0.717) is 0 Å². The lowest BCUT2D eigenvalue weighted by molar-refractivity contribution is 0.243. The Bertz CT molecular complexity index is 351. The molecule has 1 N–H and O–H groups in total. The van der Waals surface area contributed by atoms with Crippen molar-refractivity contribution in [1.82, 2.24) is 4.98 Å². The van der Waals surface area contributed by atoms with Crippen LogP contribution in [0.3, 0.4) is 0 Å². The highest BCUT2D eigenvalue weighted by molar-refractivity contribution is 7.99. The van der Waals surface area contributed by atoms with Crippen LogP contribution in [0, 0.1) is 5.92 Å². The van der Waals surface area contributed by atoms with Gasteiger partial charge in [-0.3, -0.25) is 0 Å². The molecule has 1 aromatic heterocycles. The van der Waals surface area contributed by atoms with E-state index in [1.165, 1.54) is 17.9 Å². The molecule has 2 heterocycles. The van der Waals surface area contributed by atoms with Gasteiger partial charge in [-0.1, -0.05) is 0 Å². The van der Waals surface area contributed by atoms with Crippen molar-refractivity contribution in [1.29, 1.82) is 0 Å². The zero-order valence-corrected chi connectivity index (χ0v) is 11.3. The maximum Gasteiger partial charge on any atom is 0.168 e. The van der Waals surface area contributed by atoms with Gasteiger partial charge in [0.1, 0.15) is 0 Å². The average molecular weight is 252 g/mol. The van der Waals surface area contributed by atoms with Crippen molar-refractivity contribution < 1.29 is 4.74 Å². The zero-order chi connectivity index (χ0) is 12.1. The molecule has 1 saturated heterocycles. The highest BCUT2D eigenvalue weighted by atomic mass is 32.2. The molecule has 0 amide bonds. The third-order valence-electron chi connectivity index (χ3n) is 2.72. The number of hydrogen-bond donors (Lipinski definition) is 1. The number of ether oxygens (including phenoxy) is 1. The number of hydrogen-bond acceptors (Lipinski definition) is 4. The molecule has 0 bridgehead atoms. The molecule has 1 fully saturated rings. The Morgan fingerprint density at radius 2 is 2.47 bits per heavy atom. The fraction of sp³-hybridized carbons (Fsp3) is 0.615.